The van der Waals surface area contributed by atoms with Crippen molar-refractivity contribution >= 4 is 53.4 Å². The lowest BCUT2D eigenvalue weighted by atomic mass is 10.2. The second kappa shape index (κ2) is 12.5. The van der Waals surface area contributed by atoms with Gasteiger partial charge in [0.15, 0.2) is 5.96 Å². The smallest absolute Gasteiger partial charge is 0.242 e. The van der Waals surface area contributed by atoms with Gasteiger partial charge < -0.3 is 20.4 Å². The van der Waals surface area contributed by atoms with Gasteiger partial charge in [-0.25, -0.2) is 0 Å². The van der Waals surface area contributed by atoms with Crippen molar-refractivity contribution in [1.82, 2.24) is 20.4 Å². The van der Waals surface area contributed by atoms with Crippen LogP contribution in [0.25, 0.3) is 0 Å². The summed E-state index contributed by atoms with van der Waals surface area (Å²) < 4.78 is 0. The lowest BCUT2D eigenvalue weighted by molar-refractivity contribution is -0.135. The molecule has 0 spiro atoms. The van der Waals surface area contributed by atoms with Crippen LogP contribution < -0.4 is 10.6 Å². The van der Waals surface area contributed by atoms with Crippen LogP contribution in [0.15, 0.2) is 59.6 Å². The minimum Gasteiger partial charge on any atom is -0.350 e. The number of piperazine rings is 1. The summed E-state index contributed by atoms with van der Waals surface area (Å²) in [5.41, 5.74) is 2.08. The first kappa shape index (κ1) is 24.9. The van der Waals surface area contributed by atoms with Crippen molar-refractivity contribution in [2.45, 2.75) is 13.1 Å². The van der Waals surface area contributed by atoms with Crippen molar-refractivity contribution in [3.63, 3.8) is 0 Å². The van der Waals surface area contributed by atoms with Gasteiger partial charge in [-0.1, -0.05) is 54.1 Å². The molecule has 0 saturated carbocycles. The summed E-state index contributed by atoms with van der Waals surface area (Å²) in [6.07, 6.45) is 0. The fraction of sp³-hybridized carbons (Fsp3) is 0.318. The summed E-state index contributed by atoms with van der Waals surface area (Å²) in [5, 5.41) is 6.59. The van der Waals surface area contributed by atoms with Crippen LogP contribution in [0.3, 0.4) is 0 Å². The Bertz CT molecular complexity index is 893. The number of nitrogens with one attached hydrogen (secondary N) is 2. The molecule has 1 aliphatic rings. The molecule has 1 saturated heterocycles. The van der Waals surface area contributed by atoms with Crippen LogP contribution in [0.5, 0.6) is 0 Å². The molecule has 2 amide bonds. The maximum Gasteiger partial charge on any atom is 0.242 e. The zero-order valence-electron chi connectivity index (χ0n) is 17.4. The molecule has 9 heteroatoms. The van der Waals surface area contributed by atoms with E-state index >= 15 is 0 Å². The van der Waals surface area contributed by atoms with Crippen molar-refractivity contribution in [1.29, 1.82) is 0 Å². The normalized spacial score (nSPS) is 14.1. The predicted octanol–water partition coefficient (Wildman–Crippen LogP) is 2.49. The lowest BCUT2D eigenvalue weighted by Gasteiger charge is -2.36. The molecule has 0 aliphatic carbocycles. The highest BCUT2D eigenvalue weighted by atomic mass is 127. The van der Waals surface area contributed by atoms with Crippen molar-refractivity contribution in [3.8, 4) is 0 Å². The molecule has 31 heavy (non-hydrogen) atoms. The number of hydrogen-bond donors (Lipinski definition) is 2. The third-order valence-electron chi connectivity index (χ3n) is 4.86. The van der Waals surface area contributed by atoms with Gasteiger partial charge in [0, 0.05) is 38.2 Å². The van der Waals surface area contributed by atoms with E-state index in [0.29, 0.717) is 37.2 Å². The van der Waals surface area contributed by atoms with Gasteiger partial charge in [0.05, 0.1) is 13.1 Å². The Morgan fingerprint density at radius 2 is 1.74 bits per heavy atom. The van der Waals surface area contributed by atoms with E-state index in [1.807, 2.05) is 64.4 Å². The molecule has 0 bridgehead atoms. The van der Waals surface area contributed by atoms with E-state index in [0.717, 1.165) is 11.1 Å². The van der Waals surface area contributed by atoms with E-state index in [-0.39, 0.29) is 48.9 Å². The average molecular weight is 556 g/mol. The van der Waals surface area contributed by atoms with E-state index in [2.05, 4.69) is 15.6 Å². The van der Waals surface area contributed by atoms with Gasteiger partial charge in [0.25, 0.3) is 0 Å². The number of amides is 2. The highest BCUT2D eigenvalue weighted by molar-refractivity contribution is 14.0. The molecule has 3 rings (SSSR count). The molecule has 2 aromatic rings. The van der Waals surface area contributed by atoms with Gasteiger partial charge in [0.2, 0.25) is 11.8 Å². The minimum absolute atomic E-state index is 0. The molecule has 0 aromatic heterocycles. The van der Waals surface area contributed by atoms with Crippen LogP contribution in [0.2, 0.25) is 5.02 Å². The first-order chi connectivity index (χ1) is 14.5. The third-order valence-corrected chi connectivity index (χ3v) is 5.11. The summed E-state index contributed by atoms with van der Waals surface area (Å²) >= 11 is 5.92. The molecule has 2 N–H and O–H groups in total. The maximum atomic E-state index is 12.6. The van der Waals surface area contributed by atoms with Crippen LogP contribution in [0.4, 0.5) is 0 Å². The van der Waals surface area contributed by atoms with Crippen LogP contribution in [-0.4, -0.2) is 60.8 Å². The summed E-state index contributed by atoms with van der Waals surface area (Å²) in [6, 6.07) is 17.2. The molecular formula is C22H27ClIN5O2. The number of benzene rings is 2. The Labute approximate surface area is 204 Å². The minimum atomic E-state index is -0.132. The first-order valence-corrected chi connectivity index (χ1v) is 10.2. The quantitative estimate of drug-likeness (QED) is 0.326. The largest absolute Gasteiger partial charge is 0.350 e. The number of aliphatic imine (C=N–C) groups is 1. The third kappa shape index (κ3) is 7.70. The van der Waals surface area contributed by atoms with Crippen molar-refractivity contribution < 1.29 is 9.59 Å². The van der Waals surface area contributed by atoms with Gasteiger partial charge in [-0.3, -0.25) is 14.6 Å². The van der Waals surface area contributed by atoms with Crippen LogP contribution >= 0.6 is 35.6 Å². The Kier molecular flexibility index (Phi) is 10.1. The van der Waals surface area contributed by atoms with Crippen LogP contribution in [0, 0.1) is 0 Å². The summed E-state index contributed by atoms with van der Waals surface area (Å²) in [6.45, 7) is 2.57. The van der Waals surface area contributed by atoms with Crippen LogP contribution in [0.1, 0.15) is 11.1 Å². The molecule has 1 fully saturated rings. The number of hydrogen-bond acceptors (Lipinski definition) is 3. The van der Waals surface area contributed by atoms with Gasteiger partial charge in [0.1, 0.15) is 0 Å². The second-order valence-electron chi connectivity index (χ2n) is 7.03. The molecule has 0 atom stereocenters. The highest BCUT2D eigenvalue weighted by Gasteiger charge is 2.26. The lowest BCUT2D eigenvalue weighted by Crippen LogP contribution is -2.55. The van der Waals surface area contributed by atoms with Gasteiger partial charge in [-0.2, -0.15) is 0 Å². The summed E-state index contributed by atoms with van der Waals surface area (Å²) in [4.78, 5) is 32.6. The number of carbonyl (C=O) groups excluding carboxylic acids is 2. The molecule has 1 heterocycles. The van der Waals surface area contributed by atoms with E-state index in [1.54, 1.807) is 7.05 Å². The number of guanidine groups is 1. The van der Waals surface area contributed by atoms with E-state index in [1.165, 1.54) is 0 Å². The topological polar surface area (TPSA) is 77.0 Å². The van der Waals surface area contributed by atoms with Gasteiger partial charge in [-0.05, 0) is 23.3 Å². The molecule has 0 unspecified atom stereocenters. The SMILES string of the molecule is CN=C(NCC(=O)NCc1ccccc1)N1CCN(Cc2ccc(Cl)cc2)C(=O)C1.I. The fourth-order valence-corrected chi connectivity index (χ4v) is 3.34. The Morgan fingerprint density at radius 3 is 2.39 bits per heavy atom. The number of nitrogens with zero attached hydrogens (tertiary/aromatic N) is 3. The first-order valence-electron chi connectivity index (χ1n) is 9.83. The second-order valence-corrected chi connectivity index (χ2v) is 7.46. The van der Waals surface area contributed by atoms with E-state index in [4.69, 9.17) is 11.6 Å². The number of halogens is 2. The maximum absolute atomic E-state index is 12.6. The van der Waals surface area contributed by atoms with Gasteiger partial charge >= 0.3 is 0 Å². The predicted molar refractivity (Wildman–Crippen MR) is 134 cm³/mol. The molecule has 0 radical (unpaired) electrons. The Balaban J connectivity index is 0.00000341. The average Bonchev–Trinajstić information content (AvgIpc) is 2.76. The zero-order chi connectivity index (χ0) is 21.3. The zero-order valence-corrected chi connectivity index (χ0v) is 20.5. The number of rotatable bonds is 6. The highest BCUT2D eigenvalue weighted by Crippen LogP contribution is 2.13. The molecule has 1 aliphatic heterocycles. The van der Waals surface area contributed by atoms with E-state index in [9.17, 15) is 9.59 Å². The van der Waals surface area contributed by atoms with Crippen LogP contribution in [-0.2, 0) is 22.7 Å². The number of carbonyl (C=O) groups is 2. The molecule has 2 aromatic carbocycles. The van der Waals surface area contributed by atoms with E-state index < -0.39 is 0 Å². The summed E-state index contributed by atoms with van der Waals surface area (Å²) in [5.74, 6) is 0.435. The molecule has 7 nitrogen and oxygen atoms in total. The van der Waals surface area contributed by atoms with Crippen molar-refractivity contribution in [3.05, 3.63) is 70.7 Å². The van der Waals surface area contributed by atoms with Crippen molar-refractivity contribution in [2.24, 2.45) is 4.99 Å². The van der Waals surface area contributed by atoms with Crippen molar-refractivity contribution in [2.75, 3.05) is 33.2 Å². The monoisotopic (exact) mass is 555 g/mol. The Hall–Kier alpha value is -2.33. The Morgan fingerprint density at radius 1 is 1.03 bits per heavy atom. The standard InChI is InChI=1S/C22H26ClN5O2.HI/c1-24-22(26-14-20(29)25-13-17-5-3-2-4-6-17)28-12-11-27(21(30)16-28)15-18-7-9-19(23)10-8-18;/h2-10H,11-16H2,1H3,(H,24,26)(H,25,29);1H. The van der Waals surface area contributed by atoms with Gasteiger partial charge in [-0.15, -0.1) is 24.0 Å². The molecular weight excluding hydrogens is 529 g/mol. The fourth-order valence-electron chi connectivity index (χ4n) is 3.22. The summed E-state index contributed by atoms with van der Waals surface area (Å²) in [7, 11) is 1.65. The molecule has 166 valence electrons.